The second kappa shape index (κ2) is 7.84. The summed E-state index contributed by atoms with van der Waals surface area (Å²) in [6.45, 7) is 1.82. The van der Waals surface area contributed by atoms with Crippen LogP contribution in [0.15, 0.2) is 22.7 Å². The Morgan fingerprint density at radius 2 is 2.15 bits per heavy atom. The van der Waals surface area contributed by atoms with Gasteiger partial charge < -0.3 is 15.7 Å². The maximum absolute atomic E-state index is 13.5. The molecule has 0 saturated heterocycles. The molecule has 0 saturated carbocycles. The van der Waals surface area contributed by atoms with E-state index in [4.69, 9.17) is 5.11 Å². The standard InChI is InChI=1S/C13H16BrFN2O3/c1-2-3-11(12(18)19)17-13(20)16-7-8-4-5-9(14)6-10(8)15/h4-6,11H,2-3,7H2,1H3,(H,18,19)(H2,16,17,20). The quantitative estimate of drug-likeness (QED) is 0.740. The predicted octanol–water partition coefficient (Wildman–Crippen LogP) is 2.64. The summed E-state index contributed by atoms with van der Waals surface area (Å²) in [6, 6.07) is 2.93. The molecule has 0 fully saturated rings. The highest BCUT2D eigenvalue weighted by Gasteiger charge is 2.18. The van der Waals surface area contributed by atoms with Crippen molar-refractivity contribution >= 4 is 27.9 Å². The van der Waals surface area contributed by atoms with Gasteiger partial charge in [-0.3, -0.25) is 0 Å². The zero-order chi connectivity index (χ0) is 15.1. The van der Waals surface area contributed by atoms with Crippen molar-refractivity contribution in [1.82, 2.24) is 10.6 Å². The number of carbonyl (C=O) groups excluding carboxylic acids is 1. The number of halogens is 2. The first-order valence-corrected chi connectivity index (χ1v) is 6.94. The van der Waals surface area contributed by atoms with Crippen molar-refractivity contribution in [2.75, 3.05) is 0 Å². The number of rotatable bonds is 6. The van der Waals surface area contributed by atoms with Crippen LogP contribution in [0.2, 0.25) is 0 Å². The number of hydrogen-bond donors (Lipinski definition) is 3. The van der Waals surface area contributed by atoms with Crippen LogP contribution in [0.4, 0.5) is 9.18 Å². The highest BCUT2D eigenvalue weighted by molar-refractivity contribution is 9.10. The van der Waals surface area contributed by atoms with Crippen LogP contribution in [-0.4, -0.2) is 23.1 Å². The van der Waals surface area contributed by atoms with E-state index in [1.807, 2.05) is 6.92 Å². The van der Waals surface area contributed by atoms with Crippen molar-refractivity contribution in [2.24, 2.45) is 0 Å². The van der Waals surface area contributed by atoms with Gasteiger partial charge in [-0.1, -0.05) is 35.3 Å². The molecule has 2 amide bonds. The molecule has 0 radical (unpaired) electrons. The van der Waals surface area contributed by atoms with Gasteiger partial charge in [0.25, 0.3) is 0 Å². The third-order valence-corrected chi connectivity index (χ3v) is 3.13. The van der Waals surface area contributed by atoms with Crippen LogP contribution in [0, 0.1) is 5.82 Å². The van der Waals surface area contributed by atoms with Gasteiger partial charge in [-0.2, -0.15) is 0 Å². The Morgan fingerprint density at radius 3 is 2.70 bits per heavy atom. The third-order valence-electron chi connectivity index (χ3n) is 2.64. The average molecular weight is 347 g/mol. The smallest absolute Gasteiger partial charge is 0.326 e. The summed E-state index contributed by atoms with van der Waals surface area (Å²) < 4.78 is 14.1. The molecule has 0 spiro atoms. The van der Waals surface area contributed by atoms with Crippen LogP contribution >= 0.6 is 15.9 Å². The zero-order valence-electron chi connectivity index (χ0n) is 11.0. The molecule has 1 aromatic carbocycles. The Hall–Kier alpha value is -1.63. The minimum atomic E-state index is -1.09. The van der Waals surface area contributed by atoms with Gasteiger partial charge in [-0.15, -0.1) is 0 Å². The number of benzene rings is 1. The molecule has 1 rings (SSSR count). The molecule has 0 aromatic heterocycles. The second-order valence-electron chi connectivity index (χ2n) is 4.24. The van der Waals surface area contributed by atoms with Gasteiger partial charge in [-0.25, -0.2) is 14.0 Å². The Balaban J connectivity index is 2.52. The van der Waals surface area contributed by atoms with Crippen molar-refractivity contribution in [3.05, 3.63) is 34.1 Å². The predicted molar refractivity (Wildman–Crippen MR) is 75.8 cm³/mol. The van der Waals surface area contributed by atoms with Crippen LogP contribution in [0.3, 0.4) is 0 Å². The second-order valence-corrected chi connectivity index (χ2v) is 5.16. The summed E-state index contributed by atoms with van der Waals surface area (Å²) in [5.41, 5.74) is 0.325. The lowest BCUT2D eigenvalue weighted by molar-refractivity contribution is -0.139. The monoisotopic (exact) mass is 346 g/mol. The summed E-state index contributed by atoms with van der Waals surface area (Å²) >= 11 is 3.14. The Kier molecular flexibility index (Phi) is 6.44. The van der Waals surface area contributed by atoms with E-state index < -0.39 is 23.9 Å². The largest absolute Gasteiger partial charge is 0.480 e. The number of amides is 2. The topological polar surface area (TPSA) is 78.4 Å². The molecule has 0 aliphatic heterocycles. The number of carboxylic acid groups (broad SMARTS) is 1. The number of nitrogens with one attached hydrogen (secondary N) is 2. The molecule has 0 bridgehead atoms. The van der Waals surface area contributed by atoms with Crippen molar-refractivity contribution in [3.63, 3.8) is 0 Å². The van der Waals surface area contributed by atoms with Crippen molar-refractivity contribution in [3.8, 4) is 0 Å². The maximum atomic E-state index is 13.5. The van der Waals surface area contributed by atoms with E-state index in [1.165, 1.54) is 6.07 Å². The van der Waals surface area contributed by atoms with Gasteiger partial charge >= 0.3 is 12.0 Å². The molecule has 7 heteroatoms. The Morgan fingerprint density at radius 1 is 1.45 bits per heavy atom. The number of hydrogen-bond acceptors (Lipinski definition) is 2. The van der Waals surface area contributed by atoms with E-state index in [2.05, 4.69) is 26.6 Å². The van der Waals surface area contributed by atoms with Crippen LogP contribution in [0.5, 0.6) is 0 Å². The average Bonchev–Trinajstić information content (AvgIpc) is 2.37. The van der Waals surface area contributed by atoms with E-state index in [1.54, 1.807) is 12.1 Å². The summed E-state index contributed by atoms with van der Waals surface area (Å²) in [5, 5.41) is 13.7. The molecule has 1 aromatic rings. The maximum Gasteiger partial charge on any atom is 0.326 e. The van der Waals surface area contributed by atoms with Crippen LogP contribution < -0.4 is 10.6 Å². The molecule has 3 N–H and O–H groups in total. The molecule has 0 heterocycles. The van der Waals surface area contributed by atoms with E-state index in [9.17, 15) is 14.0 Å². The van der Waals surface area contributed by atoms with E-state index in [0.29, 0.717) is 22.9 Å². The lowest BCUT2D eigenvalue weighted by atomic mass is 10.2. The first kappa shape index (κ1) is 16.4. The van der Waals surface area contributed by atoms with E-state index in [0.717, 1.165) is 0 Å². The Bertz CT molecular complexity index is 497. The van der Waals surface area contributed by atoms with Gasteiger partial charge in [0.1, 0.15) is 11.9 Å². The molecular formula is C13H16BrFN2O3. The summed E-state index contributed by atoms with van der Waals surface area (Å²) in [5.74, 6) is -1.53. The summed E-state index contributed by atoms with van der Waals surface area (Å²) in [4.78, 5) is 22.5. The molecule has 0 aliphatic carbocycles. The number of carboxylic acids is 1. The number of aliphatic carboxylic acids is 1. The van der Waals surface area contributed by atoms with Crippen LogP contribution in [-0.2, 0) is 11.3 Å². The minimum Gasteiger partial charge on any atom is -0.480 e. The lowest BCUT2D eigenvalue weighted by Crippen LogP contribution is -2.45. The normalized spacial score (nSPS) is 11.8. The zero-order valence-corrected chi connectivity index (χ0v) is 12.5. The first-order chi connectivity index (χ1) is 9.43. The van der Waals surface area contributed by atoms with Gasteiger partial charge in [0, 0.05) is 16.6 Å². The van der Waals surface area contributed by atoms with E-state index in [-0.39, 0.29) is 6.54 Å². The van der Waals surface area contributed by atoms with Crippen molar-refractivity contribution in [1.29, 1.82) is 0 Å². The van der Waals surface area contributed by atoms with Gasteiger partial charge in [-0.05, 0) is 18.6 Å². The van der Waals surface area contributed by atoms with Gasteiger partial charge in [0.2, 0.25) is 0 Å². The lowest BCUT2D eigenvalue weighted by Gasteiger charge is -2.14. The van der Waals surface area contributed by atoms with Gasteiger partial charge in [0.15, 0.2) is 0 Å². The summed E-state index contributed by atoms with van der Waals surface area (Å²) in [6.07, 6.45) is 0.980. The first-order valence-electron chi connectivity index (χ1n) is 6.15. The molecule has 110 valence electrons. The van der Waals surface area contributed by atoms with Crippen LogP contribution in [0.1, 0.15) is 25.3 Å². The fourth-order valence-corrected chi connectivity index (χ4v) is 1.93. The molecular weight excluding hydrogens is 331 g/mol. The molecule has 0 aliphatic rings. The minimum absolute atomic E-state index is 0.0105. The van der Waals surface area contributed by atoms with Crippen molar-refractivity contribution in [2.45, 2.75) is 32.4 Å². The van der Waals surface area contributed by atoms with E-state index >= 15 is 0 Å². The SMILES string of the molecule is CCCC(NC(=O)NCc1ccc(Br)cc1F)C(=O)O. The summed E-state index contributed by atoms with van der Waals surface area (Å²) in [7, 11) is 0. The third kappa shape index (κ3) is 5.16. The highest BCUT2D eigenvalue weighted by Crippen LogP contribution is 2.14. The van der Waals surface area contributed by atoms with Gasteiger partial charge in [0.05, 0.1) is 0 Å². The fourth-order valence-electron chi connectivity index (χ4n) is 1.60. The number of urea groups is 1. The molecule has 1 atom stereocenters. The van der Waals surface area contributed by atoms with Crippen molar-refractivity contribution < 1.29 is 19.1 Å². The highest BCUT2D eigenvalue weighted by atomic mass is 79.9. The molecule has 20 heavy (non-hydrogen) atoms. The van der Waals surface area contributed by atoms with Crippen LogP contribution in [0.25, 0.3) is 0 Å². The molecule has 1 unspecified atom stereocenters. The fraction of sp³-hybridized carbons (Fsp3) is 0.385. The molecule has 5 nitrogen and oxygen atoms in total. The Labute approximate surface area is 124 Å². The number of carbonyl (C=O) groups is 2.